The molecule has 0 spiro atoms. The van der Waals surface area contributed by atoms with Crippen LogP contribution in [0.25, 0.3) is 0 Å². The molecular weight excluding hydrogens is 358 g/mol. The maximum absolute atomic E-state index is 12.7. The van der Waals surface area contributed by atoms with E-state index < -0.39 is 17.6 Å². The second-order valence-corrected chi connectivity index (χ2v) is 8.15. The van der Waals surface area contributed by atoms with Gasteiger partial charge in [-0.15, -0.1) is 5.06 Å². The molecule has 0 radical (unpaired) electrons. The highest BCUT2D eigenvalue weighted by Gasteiger charge is 2.60. The molecule has 6 heteroatoms. The van der Waals surface area contributed by atoms with Gasteiger partial charge in [-0.2, -0.15) is 0 Å². The molecule has 1 aliphatic carbocycles. The Morgan fingerprint density at radius 3 is 2.71 bits per heavy atom. The van der Waals surface area contributed by atoms with Crippen LogP contribution in [0, 0.1) is 0 Å². The highest BCUT2D eigenvalue weighted by atomic mass is 16.8. The number of nitrogens with zero attached hydrogens (tertiary/aromatic N) is 1. The van der Waals surface area contributed by atoms with E-state index in [1.165, 1.54) is 5.57 Å². The number of hydrogen-bond acceptors (Lipinski definition) is 6. The van der Waals surface area contributed by atoms with Gasteiger partial charge in [0.25, 0.3) is 0 Å². The summed E-state index contributed by atoms with van der Waals surface area (Å²) in [5.41, 5.74) is 2.02. The molecule has 0 saturated carbocycles. The number of carbonyl (C=O) groups excluding carboxylic acids is 1. The SMILES string of the molecule is CON1[C@H](C2COC(C)(C)O2)OC2=CC(=O)c3ccccc3[C@]21CC=C(C)C. The largest absolute Gasteiger partial charge is 0.472 e. The normalized spacial score (nSPS) is 31.0. The van der Waals surface area contributed by atoms with Crippen LogP contribution in [0.3, 0.4) is 0 Å². The summed E-state index contributed by atoms with van der Waals surface area (Å²) in [7, 11) is 1.63. The Bertz CT molecular complexity index is 854. The van der Waals surface area contributed by atoms with Gasteiger partial charge in [-0.25, -0.2) is 0 Å². The van der Waals surface area contributed by atoms with Crippen LogP contribution in [0.1, 0.15) is 50.0 Å². The van der Waals surface area contributed by atoms with Gasteiger partial charge in [0.15, 0.2) is 11.6 Å². The van der Waals surface area contributed by atoms with Crippen molar-refractivity contribution in [2.45, 2.75) is 57.8 Å². The van der Waals surface area contributed by atoms with Crippen LogP contribution >= 0.6 is 0 Å². The van der Waals surface area contributed by atoms with Crippen LogP contribution in [0.2, 0.25) is 0 Å². The standard InChI is InChI=1S/C22H27NO5/c1-14(2)10-11-22-16-9-7-6-8-15(16)17(24)12-19(22)27-20(23(22)25-5)18-13-26-21(3,4)28-18/h6-10,12,18,20H,11,13H2,1-5H3/t18?,20-,22+/m0/s1. The van der Waals surface area contributed by atoms with E-state index in [0.29, 0.717) is 24.4 Å². The first kappa shape index (κ1) is 19.3. The van der Waals surface area contributed by atoms with E-state index in [9.17, 15) is 4.79 Å². The number of hydroxylamine groups is 2. The molecule has 6 nitrogen and oxygen atoms in total. The van der Waals surface area contributed by atoms with E-state index in [2.05, 4.69) is 19.9 Å². The number of rotatable bonds is 4. The van der Waals surface area contributed by atoms with E-state index in [0.717, 1.165) is 5.56 Å². The summed E-state index contributed by atoms with van der Waals surface area (Å²) in [4.78, 5) is 18.6. The fourth-order valence-electron chi connectivity index (χ4n) is 4.26. The van der Waals surface area contributed by atoms with Crippen molar-refractivity contribution >= 4 is 5.78 Å². The van der Waals surface area contributed by atoms with E-state index in [-0.39, 0.29) is 11.9 Å². The van der Waals surface area contributed by atoms with Gasteiger partial charge in [0.05, 0.1) is 13.7 Å². The Morgan fingerprint density at radius 1 is 1.32 bits per heavy atom. The van der Waals surface area contributed by atoms with E-state index in [4.69, 9.17) is 19.0 Å². The summed E-state index contributed by atoms with van der Waals surface area (Å²) in [6.07, 6.45) is 3.49. The molecule has 2 aliphatic heterocycles. The van der Waals surface area contributed by atoms with Crippen LogP contribution in [-0.4, -0.2) is 42.7 Å². The van der Waals surface area contributed by atoms with Crippen molar-refractivity contribution < 1.29 is 23.8 Å². The molecule has 1 aromatic rings. The number of allylic oxidation sites excluding steroid dienone is 2. The molecule has 28 heavy (non-hydrogen) atoms. The zero-order valence-corrected chi connectivity index (χ0v) is 17.0. The Hall–Kier alpha value is -1.99. The molecule has 0 amide bonds. The Balaban J connectivity index is 1.84. The first-order valence-corrected chi connectivity index (χ1v) is 9.60. The quantitative estimate of drug-likeness (QED) is 0.737. The van der Waals surface area contributed by atoms with Crippen molar-refractivity contribution in [3.63, 3.8) is 0 Å². The number of hydrogen-bond donors (Lipinski definition) is 0. The average molecular weight is 385 g/mol. The molecule has 150 valence electrons. The van der Waals surface area contributed by atoms with Gasteiger partial charge in [-0.1, -0.05) is 35.9 Å². The Labute approximate surface area is 165 Å². The maximum atomic E-state index is 12.7. The van der Waals surface area contributed by atoms with Gasteiger partial charge in [-0.3, -0.25) is 9.63 Å². The number of ether oxygens (including phenoxy) is 3. The lowest BCUT2D eigenvalue weighted by atomic mass is 9.77. The van der Waals surface area contributed by atoms with Crippen molar-refractivity contribution in [2.24, 2.45) is 0 Å². The summed E-state index contributed by atoms with van der Waals surface area (Å²) in [5.74, 6) is -0.149. The molecule has 4 rings (SSSR count). The van der Waals surface area contributed by atoms with Gasteiger partial charge < -0.3 is 14.2 Å². The van der Waals surface area contributed by atoms with Crippen LogP contribution in [0.5, 0.6) is 0 Å². The van der Waals surface area contributed by atoms with E-state index in [1.54, 1.807) is 13.2 Å². The Morgan fingerprint density at radius 2 is 2.07 bits per heavy atom. The number of benzene rings is 1. The molecule has 0 bridgehead atoms. The summed E-state index contributed by atoms with van der Waals surface area (Å²) in [6, 6.07) is 7.66. The van der Waals surface area contributed by atoms with Crippen LogP contribution in [0.4, 0.5) is 0 Å². The Kier molecular flexibility index (Phi) is 4.70. The van der Waals surface area contributed by atoms with E-state index >= 15 is 0 Å². The predicted octanol–water partition coefficient (Wildman–Crippen LogP) is 3.69. The maximum Gasteiger partial charge on any atom is 0.203 e. The van der Waals surface area contributed by atoms with Crippen LogP contribution in [0.15, 0.2) is 47.7 Å². The second kappa shape index (κ2) is 6.81. The molecule has 1 unspecified atom stereocenters. The van der Waals surface area contributed by atoms with E-state index in [1.807, 2.05) is 43.2 Å². The molecule has 0 aromatic heterocycles. The molecule has 3 aliphatic rings. The third kappa shape index (κ3) is 2.92. The van der Waals surface area contributed by atoms with Gasteiger partial charge in [0, 0.05) is 11.6 Å². The summed E-state index contributed by atoms with van der Waals surface area (Å²) >= 11 is 0. The van der Waals surface area contributed by atoms with Gasteiger partial charge in [0.2, 0.25) is 6.23 Å². The third-order valence-corrected chi connectivity index (χ3v) is 5.51. The van der Waals surface area contributed by atoms with Crippen molar-refractivity contribution in [1.82, 2.24) is 5.06 Å². The first-order valence-electron chi connectivity index (χ1n) is 9.60. The van der Waals surface area contributed by atoms with Crippen molar-refractivity contribution in [3.05, 3.63) is 58.9 Å². The van der Waals surface area contributed by atoms with Crippen molar-refractivity contribution in [2.75, 3.05) is 13.7 Å². The van der Waals surface area contributed by atoms with Crippen LogP contribution < -0.4 is 0 Å². The lowest BCUT2D eigenvalue weighted by molar-refractivity contribution is -0.257. The second-order valence-electron chi connectivity index (χ2n) is 8.15. The molecule has 2 heterocycles. The van der Waals surface area contributed by atoms with Crippen molar-refractivity contribution in [3.8, 4) is 0 Å². The molecular formula is C22H27NO5. The van der Waals surface area contributed by atoms with Gasteiger partial charge in [0.1, 0.15) is 17.4 Å². The minimum atomic E-state index is -0.725. The minimum absolute atomic E-state index is 0.0564. The lowest BCUT2D eigenvalue weighted by Crippen LogP contribution is -2.50. The average Bonchev–Trinajstić information content (AvgIpc) is 3.17. The van der Waals surface area contributed by atoms with Gasteiger partial charge in [-0.05, 0) is 39.7 Å². The summed E-state index contributed by atoms with van der Waals surface area (Å²) in [6.45, 7) is 8.26. The molecule has 3 atom stereocenters. The predicted molar refractivity (Wildman–Crippen MR) is 103 cm³/mol. The number of ketones is 1. The minimum Gasteiger partial charge on any atom is -0.472 e. The molecule has 2 saturated heterocycles. The molecule has 0 N–H and O–H groups in total. The molecule has 1 aromatic carbocycles. The fraction of sp³-hybridized carbons (Fsp3) is 0.500. The third-order valence-electron chi connectivity index (χ3n) is 5.51. The van der Waals surface area contributed by atoms with Crippen molar-refractivity contribution in [1.29, 1.82) is 0 Å². The van der Waals surface area contributed by atoms with Gasteiger partial charge >= 0.3 is 0 Å². The fourth-order valence-corrected chi connectivity index (χ4v) is 4.26. The zero-order valence-electron chi connectivity index (χ0n) is 17.0. The topological polar surface area (TPSA) is 57.2 Å². The molecule has 2 fully saturated rings. The highest BCUT2D eigenvalue weighted by molar-refractivity contribution is 6.08. The number of fused-ring (bicyclic) bond motifs is 3. The lowest BCUT2D eigenvalue weighted by Gasteiger charge is -2.39. The van der Waals surface area contributed by atoms with Crippen LogP contribution in [-0.2, 0) is 24.6 Å². The first-order chi connectivity index (χ1) is 13.3. The zero-order chi connectivity index (χ0) is 20.1. The smallest absolute Gasteiger partial charge is 0.203 e. The highest BCUT2D eigenvalue weighted by Crippen LogP contribution is 2.52. The summed E-state index contributed by atoms with van der Waals surface area (Å²) < 4.78 is 18.1. The summed E-state index contributed by atoms with van der Waals surface area (Å²) in [5, 5.41) is 1.83. The monoisotopic (exact) mass is 385 g/mol. The number of carbonyl (C=O) groups is 1.